The molecule has 0 amide bonds. The third kappa shape index (κ3) is 13.2. The summed E-state index contributed by atoms with van der Waals surface area (Å²) in [5.41, 5.74) is 31.5. The molecule has 0 atom stereocenters. The van der Waals surface area contributed by atoms with Gasteiger partial charge in [0.05, 0.1) is 82.9 Å². The highest BCUT2D eigenvalue weighted by Crippen LogP contribution is 2.47. The van der Waals surface area contributed by atoms with Gasteiger partial charge in [0.1, 0.15) is 33.5 Å². The van der Waals surface area contributed by atoms with Crippen LogP contribution in [0.2, 0.25) is 0 Å². The zero-order valence-corrected chi connectivity index (χ0v) is 74.2. The van der Waals surface area contributed by atoms with Crippen molar-refractivity contribution in [1.29, 1.82) is 0 Å². The smallest absolute Gasteiger partial charge is 0.160 e. The van der Waals surface area contributed by atoms with E-state index in [1.54, 1.807) is 0 Å². The Morgan fingerprint density at radius 3 is 0.899 bits per heavy atom. The van der Waals surface area contributed by atoms with E-state index in [9.17, 15) is 0 Å². The maximum absolute atomic E-state index is 6.28. The molecule has 9 aromatic heterocycles. The maximum Gasteiger partial charge on any atom is 0.160 e. The molecule has 29 aromatic rings. The fraction of sp³-hybridized carbons (Fsp3) is 0. The molecule has 644 valence electrons. The Bertz CT molecular complexity index is 9880. The van der Waals surface area contributed by atoms with Crippen LogP contribution in [0.5, 0.6) is 0 Å². The lowest BCUT2D eigenvalue weighted by molar-refractivity contribution is 0.669. The highest BCUT2D eigenvalue weighted by Gasteiger charge is 2.26. The molecule has 0 saturated carbocycles. The van der Waals surface area contributed by atoms with Gasteiger partial charge in [-0.25, -0.2) is 29.9 Å². The lowest BCUT2D eigenvalue weighted by atomic mass is 9.97. The van der Waals surface area contributed by atoms with Crippen molar-refractivity contribution in [2.45, 2.75) is 0 Å². The predicted octanol–water partition coefficient (Wildman–Crippen LogP) is 33.2. The monoisotopic (exact) mass is 1760 g/mol. The van der Waals surface area contributed by atoms with Crippen LogP contribution in [0.3, 0.4) is 0 Å². The lowest BCUT2D eigenvalue weighted by Crippen LogP contribution is -1.98. The highest BCUT2D eigenvalue weighted by atomic mass is 16.3. The average molecular weight is 1770 g/mol. The van der Waals surface area contributed by atoms with Crippen LogP contribution in [0.1, 0.15) is 0 Å². The molecule has 0 radical (unpaired) electrons. The fourth-order valence-corrected chi connectivity index (χ4v) is 20.8. The van der Waals surface area contributed by atoms with Crippen LogP contribution in [0, 0.1) is 0 Å². The van der Waals surface area contributed by atoms with Gasteiger partial charge in [0, 0.05) is 115 Å². The van der Waals surface area contributed by atoms with Gasteiger partial charge in [-0.3, -0.25) is 0 Å². The number of rotatable bonds is 11. The molecule has 0 aliphatic carbocycles. The first-order valence-corrected chi connectivity index (χ1v) is 46.4. The van der Waals surface area contributed by atoms with Gasteiger partial charge in [-0.2, -0.15) is 0 Å². The minimum absolute atomic E-state index is 0.680. The van der Waals surface area contributed by atoms with E-state index in [2.05, 4.69) is 396 Å². The lowest BCUT2D eigenvalue weighted by Gasteiger charge is -2.12. The summed E-state index contributed by atoms with van der Waals surface area (Å²) in [7, 11) is 0. The molecule has 0 saturated heterocycles. The molecule has 0 aliphatic heterocycles. The first-order valence-electron chi connectivity index (χ1n) is 46.4. The van der Waals surface area contributed by atoms with E-state index < -0.39 is 0 Å². The van der Waals surface area contributed by atoms with Crippen molar-refractivity contribution < 1.29 is 13.3 Å². The number of hydrogen-bond acceptors (Lipinski definition) is 9. The molecule has 9 heterocycles. The van der Waals surface area contributed by atoms with Crippen LogP contribution in [0.4, 0.5) is 0 Å². The molecule has 0 bridgehead atoms. The van der Waals surface area contributed by atoms with Gasteiger partial charge in [-0.05, 0) is 168 Å². The van der Waals surface area contributed by atoms with Gasteiger partial charge in [-0.1, -0.05) is 322 Å². The number of hydrogen-bond donors (Lipinski definition) is 0. The molecule has 0 fully saturated rings. The number of para-hydroxylation sites is 9. The van der Waals surface area contributed by atoms with E-state index >= 15 is 0 Å². The molecular formula is C126H77N9O3. The van der Waals surface area contributed by atoms with Crippen molar-refractivity contribution in [2.24, 2.45) is 0 Å². The molecule has 0 aliphatic rings. The zero-order valence-electron chi connectivity index (χ0n) is 74.2. The molecule has 12 heteroatoms. The second-order valence-corrected chi connectivity index (χ2v) is 35.0. The number of aromatic nitrogens is 9. The van der Waals surface area contributed by atoms with Crippen molar-refractivity contribution in [1.82, 2.24) is 43.6 Å². The van der Waals surface area contributed by atoms with Gasteiger partial charge in [-0.15, -0.1) is 0 Å². The van der Waals surface area contributed by atoms with Gasteiger partial charge < -0.3 is 27.0 Å². The van der Waals surface area contributed by atoms with Crippen LogP contribution < -0.4 is 0 Å². The summed E-state index contributed by atoms with van der Waals surface area (Å²) in [4.78, 5) is 31.5. The minimum Gasteiger partial charge on any atom is -0.456 e. The number of furan rings is 3. The Morgan fingerprint density at radius 2 is 0.449 bits per heavy atom. The Labute approximate surface area is 789 Å². The number of fused-ring (bicyclic) bond motifs is 24. The standard InChI is InChI=1S/2C44H27N3O.C38H23N3O/c1-3-13-28(14-4-1)42-35-25-26-39-41(34-20-8-10-24-38(34)48-39)43(35)46-44(45-42)30-16-11-15-29(27-30)32-21-12-23-37-40(32)33-19-7-9-22-36(33)47(37)31-17-5-2-6-18-31;1-3-12-28(13-4-1)42-35-23-25-40-41(34-19-8-10-21-39(34)48-40)43(35)46-44(45-42)31-15-11-14-29(26-31)30-22-24-38-36(27-30)33-18-7-9-20-37(33)47(38)32-16-5-2-6-17-32;1-2-11-24(12-3-1)36-30-21-22-34-35(29-17-6-9-20-33(29)42-34)37(30)40-38(39-36)25-13-10-14-26(23-25)41-31-18-7-4-15-27(31)28-16-5-8-19-32(28)41/h2*1-27H;1-23H. The summed E-state index contributed by atoms with van der Waals surface area (Å²) in [6, 6.07) is 163. The van der Waals surface area contributed by atoms with Gasteiger partial charge in [0.25, 0.3) is 0 Å². The quantitative estimate of drug-likeness (QED) is 0.124. The predicted molar refractivity (Wildman–Crippen MR) is 567 cm³/mol. The molecule has 29 rings (SSSR count). The normalized spacial score (nSPS) is 11.8. The van der Waals surface area contributed by atoms with Crippen molar-refractivity contribution in [2.75, 3.05) is 0 Å². The fourth-order valence-electron chi connectivity index (χ4n) is 20.8. The van der Waals surface area contributed by atoms with Gasteiger partial charge in [0.2, 0.25) is 0 Å². The van der Waals surface area contributed by atoms with Gasteiger partial charge >= 0.3 is 0 Å². The summed E-state index contributed by atoms with van der Waals surface area (Å²) in [6.45, 7) is 0. The van der Waals surface area contributed by atoms with E-state index in [1.165, 1.54) is 71.0 Å². The Balaban J connectivity index is 0.000000105. The Morgan fingerprint density at radius 1 is 0.152 bits per heavy atom. The molecule has 20 aromatic carbocycles. The molecule has 0 unspecified atom stereocenters. The van der Waals surface area contributed by atoms with Crippen LogP contribution >= 0.6 is 0 Å². The first-order chi connectivity index (χ1) is 68.4. The second-order valence-electron chi connectivity index (χ2n) is 35.0. The molecule has 138 heavy (non-hydrogen) atoms. The van der Waals surface area contributed by atoms with E-state index in [1.807, 2.05) is 84.9 Å². The summed E-state index contributed by atoms with van der Waals surface area (Å²) in [6.07, 6.45) is 0. The minimum atomic E-state index is 0.680. The zero-order chi connectivity index (χ0) is 90.8. The Kier molecular flexibility index (Phi) is 18.7. The third-order valence-corrected chi connectivity index (χ3v) is 27.0. The number of benzene rings is 20. The first kappa shape index (κ1) is 79.0. The molecule has 0 spiro atoms. The topological polar surface area (TPSA) is 132 Å². The maximum atomic E-state index is 6.28. The average Bonchev–Trinajstić information content (AvgIpc) is 1.55. The van der Waals surface area contributed by atoms with Crippen molar-refractivity contribution in [3.05, 3.63) is 467 Å². The van der Waals surface area contributed by atoms with Crippen molar-refractivity contribution in [3.8, 4) is 107 Å². The van der Waals surface area contributed by atoms with E-state index in [0.29, 0.717) is 17.5 Å². The van der Waals surface area contributed by atoms with E-state index in [-0.39, 0.29) is 0 Å². The SMILES string of the molecule is c1ccc(-c2nc(-c3cccc(-c4ccc5c(c4)c4ccccc4n5-c4ccccc4)c3)nc3c2ccc2oc4ccccc4c23)cc1.c1ccc(-c2nc(-c3cccc(-c4cccc5c4c4ccccc4n5-c4ccccc4)c3)nc3c2ccc2oc4ccccc4c23)cc1.c1ccc(-c2nc(-c3cccc(-n4c5ccccc5c5ccccc54)c3)nc3c2ccc2oc4ccccc4c23)cc1. The van der Waals surface area contributed by atoms with E-state index in [4.69, 9.17) is 43.2 Å². The van der Waals surface area contributed by atoms with Crippen molar-refractivity contribution >= 4 is 164 Å². The molecular weight excluding hydrogens is 1690 g/mol. The summed E-state index contributed by atoms with van der Waals surface area (Å²) < 4.78 is 25.8. The van der Waals surface area contributed by atoms with Crippen LogP contribution in [-0.2, 0) is 0 Å². The van der Waals surface area contributed by atoms with Gasteiger partial charge in [0.15, 0.2) is 17.5 Å². The van der Waals surface area contributed by atoms with Crippen LogP contribution in [-0.4, -0.2) is 43.6 Å². The van der Waals surface area contributed by atoms with Crippen LogP contribution in [0.15, 0.2) is 480 Å². The van der Waals surface area contributed by atoms with Crippen molar-refractivity contribution in [3.63, 3.8) is 0 Å². The van der Waals surface area contributed by atoms with E-state index in [0.717, 1.165) is 183 Å². The summed E-state index contributed by atoms with van der Waals surface area (Å²) in [5, 5.41) is 16.6. The summed E-state index contributed by atoms with van der Waals surface area (Å²) in [5.74, 6) is 2.05. The number of nitrogens with zero attached hydrogens (tertiary/aromatic N) is 9. The third-order valence-electron chi connectivity index (χ3n) is 27.0. The second kappa shape index (κ2) is 32.6. The molecule has 12 nitrogen and oxygen atoms in total. The van der Waals surface area contributed by atoms with Crippen LogP contribution in [0.25, 0.3) is 271 Å². The molecule has 0 N–H and O–H groups in total. The highest BCUT2D eigenvalue weighted by molar-refractivity contribution is 6.23. The largest absolute Gasteiger partial charge is 0.456 e. The Hall–Kier alpha value is -18.8. The summed E-state index contributed by atoms with van der Waals surface area (Å²) >= 11 is 0.